The van der Waals surface area contributed by atoms with Gasteiger partial charge < -0.3 is 24.3 Å². The number of hydrogen-bond acceptors (Lipinski definition) is 6. The Morgan fingerprint density at radius 2 is 2.04 bits per heavy atom. The number of esters is 1. The highest BCUT2D eigenvalue weighted by Crippen LogP contribution is 2.32. The van der Waals surface area contributed by atoms with Crippen molar-refractivity contribution in [3.05, 3.63) is 0 Å². The second-order valence-corrected chi connectivity index (χ2v) is 7.92. The number of alkyl carbamates (subject to hydrolysis) is 1. The number of cyclic esters (lactones) is 1. The lowest BCUT2D eigenvalue weighted by Crippen LogP contribution is -2.50. The first-order valence-corrected chi connectivity index (χ1v) is 8.54. The maximum Gasteiger partial charge on any atom is 0.408 e. The van der Waals surface area contributed by atoms with E-state index in [9.17, 15) is 9.59 Å². The Balaban J connectivity index is 1.92. The Hall–Kier alpha value is -1.34. The number of carbonyl (C=O) groups excluding carboxylic acids is 2. The minimum Gasteiger partial charge on any atom is -0.444 e. The molecule has 1 unspecified atom stereocenters. The van der Waals surface area contributed by atoms with E-state index in [1.165, 1.54) is 12.8 Å². The third-order valence-electron chi connectivity index (χ3n) is 3.72. The Kier molecular flexibility index (Phi) is 5.75. The summed E-state index contributed by atoms with van der Waals surface area (Å²) in [6, 6.07) is -0.659. The van der Waals surface area contributed by atoms with E-state index in [-0.39, 0.29) is 6.61 Å². The van der Waals surface area contributed by atoms with Gasteiger partial charge in [0.25, 0.3) is 0 Å². The lowest BCUT2D eigenvalue weighted by molar-refractivity contribution is -0.161. The van der Waals surface area contributed by atoms with E-state index >= 15 is 0 Å². The molecule has 1 aliphatic heterocycles. The maximum absolute atomic E-state index is 12.1. The first-order chi connectivity index (χ1) is 11.1. The molecule has 138 valence electrons. The molecule has 0 aromatic rings. The van der Waals surface area contributed by atoms with Gasteiger partial charge in [0.15, 0.2) is 6.10 Å². The molecule has 2 aliphatic rings. The minimum absolute atomic E-state index is 0.168. The largest absolute Gasteiger partial charge is 0.444 e. The Labute approximate surface area is 143 Å². The van der Waals surface area contributed by atoms with Crippen molar-refractivity contribution >= 4 is 12.1 Å². The zero-order chi connectivity index (χ0) is 18.0. The second-order valence-electron chi connectivity index (χ2n) is 7.92. The van der Waals surface area contributed by atoms with Crippen LogP contribution in [0.3, 0.4) is 0 Å². The molecule has 2 fully saturated rings. The van der Waals surface area contributed by atoms with Crippen molar-refractivity contribution in [3.8, 4) is 0 Å². The van der Waals surface area contributed by atoms with Crippen molar-refractivity contribution in [1.82, 2.24) is 5.32 Å². The van der Waals surface area contributed by atoms with Crippen molar-refractivity contribution in [2.24, 2.45) is 5.92 Å². The van der Waals surface area contributed by atoms with Gasteiger partial charge in [-0.25, -0.2) is 9.59 Å². The number of nitrogens with one attached hydrogen (secondary N) is 1. The molecular weight excluding hydrogens is 314 g/mol. The quantitative estimate of drug-likeness (QED) is 0.564. The Bertz CT molecular complexity index is 466. The van der Waals surface area contributed by atoms with Crippen LogP contribution < -0.4 is 5.32 Å². The van der Waals surface area contributed by atoms with E-state index in [0.717, 1.165) is 12.3 Å². The third-order valence-corrected chi connectivity index (χ3v) is 3.72. The van der Waals surface area contributed by atoms with Crippen LogP contribution in [0.25, 0.3) is 0 Å². The van der Waals surface area contributed by atoms with Crippen LogP contribution in [0.4, 0.5) is 4.79 Å². The molecule has 7 heteroatoms. The molecule has 1 amide bonds. The fourth-order valence-electron chi connectivity index (χ4n) is 2.46. The SMILES string of the molecule is CC(C)(C)OC(=O)N[C@@H](COCCC1CC1)C1OC(C)(C)OC1=O. The summed E-state index contributed by atoms with van der Waals surface area (Å²) in [7, 11) is 0. The van der Waals surface area contributed by atoms with E-state index in [1.807, 2.05) is 0 Å². The minimum atomic E-state index is -1.01. The van der Waals surface area contributed by atoms with Crippen LogP contribution in [-0.4, -0.2) is 48.8 Å². The van der Waals surface area contributed by atoms with E-state index < -0.39 is 35.6 Å². The molecule has 0 aromatic heterocycles. The van der Waals surface area contributed by atoms with E-state index in [0.29, 0.717) is 6.61 Å². The van der Waals surface area contributed by atoms with Crippen molar-refractivity contribution in [2.75, 3.05) is 13.2 Å². The van der Waals surface area contributed by atoms with Crippen LogP contribution in [0.1, 0.15) is 53.9 Å². The highest BCUT2D eigenvalue weighted by molar-refractivity contribution is 5.79. The van der Waals surface area contributed by atoms with Crippen LogP contribution in [0.2, 0.25) is 0 Å². The van der Waals surface area contributed by atoms with Crippen LogP contribution in [-0.2, 0) is 23.7 Å². The van der Waals surface area contributed by atoms with Gasteiger partial charge >= 0.3 is 12.1 Å². The molecule has 1 heterocycles. The molecule has 7 nitrogen and oxygen atoms in total. The highest BCUT2D eigenvalue weighted by Gasteiger charge is 2.46. The molecule has 1 N–H and O–H groups in total. The average Bonchev–Trinajstić information content (AvgIpc) is 3.16. The first-order valence-electron chi connectivity index (χ1n) is 8.54. The van der Waals surface area contributed by atoms with Crippen molar-refractivity contribution in [3.63, 3.8) is 0 Å². The average molecular weight is 343 g/mol. The number of amides is 1. The summed E-state index contributed by atoms with van der Waals surface area (Å²) in [6.07, 6.45) is 2.00. The van der Waals surface area contributed by atoms with Gasteiger partial charge in [-0.05, 0) is 33.1 Å². The predicted octanol–water partition coefficient (Wildman–Crippen LogP) is 2.37. The summed E-state index contributed by atoms with van der Waals surface area (Å²) in [5, 5.41) is 2.68. The molecular formula is C17H29NO6. The van der Waals surface area contributed by atoms with E-state index in [1.54, 1.807) is 34.6 Å². The summed E-state index contributed by atoms with van der Waals surface area (Å²) in [5.74, 6) is -0.760. The van der Waals surface area contributed by atoms with Crippen LogP contribution >= 0.6 is 0 Å². The maximum atomic E-state index is 12.1. The monoisotopic (exact) mass is 343 g/mol. The summed E-state index contributed by atoms with van der Waals surface area (Å²) >= 11 is 0. The number of carbonyl (C=O) groups is 2. The van der Waals surface area contributed by atoms with Gasteiger partial charge in [0.2, 0.25) is 5.79 Å². The Morgan fingerprint density at radius 1 is 1.38 bits per heavy atom. The molecule has 1 aliphatic carbocycles. The number of ether oxygens (including phenoxy) is 4. The normalized spacial score (nSPS) is 24.4. The molecule has 0 bridgehead atoms. The first kappa shape index (κ1) is 19.0. The summed E-state index contributed by atoms with van der Waals surface area (Å²) in [6.45, 7) is 9.41. The zero-order valence-corrected chi connectivity index (χ0v) is 15.2. The van der Waals surface area contributed by atoms with Gasteiger partial charge in [0, 0.05) is 20.5 Å². The molecule has 0 aromatic carbocycles. The smallest absolute Gasteiger partial charge is 0.408 e. The number of hydrogen-bond donors (Lipinski definition) is 1. The van der Waals surface area contributed by atoms with Gasteiger partial charge in [-0.1, -0.05) is 12.8 Å². The van der Waals surface area contributed by atoms with Crippen molar-refractivity contribution in [2.45, 2.75) is 77.4 Å². The summed E-state index contributed by atoms with van der Waals surface area (Å²) in [5.41, 5.74) is -0.627. The molecule has 0 spiro atoms. The standard InChI is InChI=1S/C17H29NO6/c1-16(2,3)24-15(20)18-12(10-21-9-8-11-6-7-11)13-14(19)23-17(4,5)22-13/h11-13H,6-10H2,1-5H3,(H,18,20)/t12-,13?/m0/s1. The molecule has 0 radical (unpaired) electrons. The third kappa shape index (κ3) is 6.28. The molecule has 24 heavy (non-hydrogen) atoms. The fourth-order valence-corrected chi connectivity index (χ4v) is 2.46. The number of rotatable bonds is 7. The van der Waals surface area contributed by atoms with Gasteiger partial charge in [-0.3, -0.25) is 0 Å². The molecule has 1 saturated heterocycles. The summed E-state index contributed by atoms with van der Waals surface area (Å²) < 4.78 is 21.7. The van der Waals surface area contributed by atoms with Crippen LogP contribution in [0.15, 0.2) is 0 Å². The zero-order valence-electron chi connectivity index (χ0n) is 15.2. The van der Waals surface area contributed by atoms with Gasteiger partial charge in [-0.2, -0.15) is 0 Å². The van der Waals surface area contributed by atoms with Crippen molar-refractivity contribution < 1.29 is 28.5 Å². The molecule has 2 atom stereocenters. The van der Waals surface area contributed by atoms with E-state index in [4.69, 9.17) is 18.9 Å². The van der Waals surface area contributed by atoms with Gasteiger partial charge in [0.05, 0.1) is 12.6 Å². The molecule has 1 saturated carbocycles. The topological polar surface area (TPSA) is 83.1 Å². The van der Waals surface area contributed by atoms with Crippen molar-refractivity contribution in [1.29, 1.82) is 0 Å². The Morgan fingerprint density at radius 3 is 2.54 bits per heavy atom. The van der Waals surface area contributed by atoms with Crippen LogP contribution in [0, 0.1) is 5.92 Å². The lowest BCUT2D eigenvalue weighted by Gasteiger charge is -2.26. The summed E-state index contributed by atoms with van der Waals surface area (Å²) in [4.78, 5) is 24.1. The fraction of sp³-hybridized carbons (Fsp3) is 0.882. The predicted molar refractivity (Wildman–Crippen MR) is 86.4 cm³/mol. The highest BCUT2D eigenvalue weighted by atomic mass is 16.8. The van der Waals surface area contributed by atoms with Gasteiger partial charge in [-0.15, -0.1) is 0 Å². The second kappa shape index (κ2) is 7.27. The van der Waals surface area contributed by atoms with E-state index in [2.05, 4.69) is 5.32 Å². The molecule has 2 rings (SSSR count). The van der Waals surface area contributed by atoms with Crippen LogP contribution in [0.5, 0.6) is 0 Å². The van der Waals surface area contributed by atoms with Gasteiger partial charge in [0.1, 0.15) is 5.60 Å². The lowest BCUT2D eigenvalue weighted by atomic mass is 10.1.